The lowest BCUT2D eigenvalue weighted by atomic mass is 10.1. The first kappa shape index (κ1) is 13.6. The highest BCUT2D eigenvalue weighted by Gasteiger charge is 2.37. The highest BCUT2D eigenvalue weighted by Crippen LogP contribution is 2.28. The number of amides is 1. The third-order valence-corrected chi connectivity index (χ3v) is 5.28. The lowest BCUT2D eigenvalue weighted by Crippen LogP contribution is -2.42. The molecule has 2 fully saturated rings. The molecule has 0 saturated carbocycles. The summed E-state index contributed by atoms with van der Waals surface area (Å²) in [5.74, 6) is 0.0203. The molecule has 2 heterocycles. The fourth-order valence-corrected chi connectivity index (χ4v) is 3.96. The van der Waals surface area contributed by atoms with E-state index in [2.05, 4.69) is 42.1 Å². The average Bonchev–Trinajstić information content (AvgIpc) is 2.97. The zero-order valence-corrected chi connectivity index (χ0v) is 13.7. The van der Waals surface area contributed by atoms with Crippen molar-refractivity contribution in [3.05, 3.63) is 32.7 Å². The summed E-state index contributed by atoms with van der Waals surface area (Å²) in [6, 6.07) is 6.54. The molecule has 1 aromatic carbocycles. The SMILES string of the molecule is O=C(NC1CCN2CCCC12)c1cc(Br)ccc1Br. The van der Waals surface area contributed by atoms with Crippen molar-refractivity contribution >= 4 is 37.8 Å². The van der Waals surface area contributed by atoms with E-state index >= 15 is 0 Å². The van der Waals surface area contributed by atoms with Crippen LogP contribution in [0.3, 0.4) is 0 Å². The van der Waals surface area contributed by atoms with Crippen LogP contribution >= 0.6 is 31.9 Å². The second-order valence-electron chi connectivity index (χ2n) is 5.24. The third kappa shape index (κ3) is 2.73. The summed E-state index contributed by atoms with van der Waals surface area (Å²) in [5, 5.41) is 3.20. The molecule has 2 unspecified atom stereocenters. The standard InChI is InChI=1S/C14H16Br2N2O/c15-9-3-4-11(16)10(8-9)14(19)17-12-5-7-18-6-1-2-13(12)18/h3-4,8,12-13H,1-2,5-7H2,(H,17,19). The van der Waals surface area contributed by atoms with Gasteiger partial charge in [-0.1, -0.05) is 15.9 Å². The molecule has 1 aromatic rings. The van der Waals surface area contributed by atoms with Crippen LogP contribution in [0.2, 0.25) is 0 Å². The number of hydrogen-bond acceptors (Lipinski definition) is 2. The zero-order chi connectivity index (χ0) is 13.4. The molecule has 0 bridgehead atoms. The summed E-state index contributed by atoms with van der Waals surface area (Å²) in [6.45, 7) is 2.31. The van der Waals surface area contributed by atoms with Crippen LogP contribution in [0.5, 0.6) is 0 Å². The van der Waals surface area contributed by atoms with Gasteiger partial charge >= 0.3 is 0 Å². The number of fused-ring (bicyclic) bond motifs is 1. The molecule has 1 N–H and O–H groups in total. The van der Waals surface area contributed by atoms with E-state index in [9.17, 15) is 4.79 Å². The summed E-state index contributed by atoms with van der Waals surface area (Å²) >= 11 is 6.86. The first-order valence-electron chi connectivity index (χ1n) is 6.65. The van der Waals surface area contributed by atoms with Crippen molar-refractivity contribution < 1.29 is 4.79 Å². The van der Waals surface area contributed by atoms with Gasteiger partial charge in [0.25, 0.3) is 5.91 Å². The van der Waals surface area contributed by atoms with Gasteiger partial charge in [-0.25, -0.2) is 0 Å². The van der Waals surface area contributed by atoms with Crippen molar-refractivity contribution in [3.63, 3.8) is 0 Å². The van der Waals surface area contributed by atoms with Crippen LogP contribution in [0.1, 0.15) is 29.6 Å². The lowest BCUT2D eigenvalue weighted by molar-refractivity contribution is 0.0928. The highest BCUT2D eigenvalue weighted by molar-refractivity contribution is 9.11. The second-order valence-corrected chi connectivity index (χ2v) is 7.01. The second kappa shape index (κ2) is 5.54. The van der Waals surface area contributed by atoms with E-state index in [0.29, 0.717) is 17.6 Å². The van der Waals surface area contributed by atoms with E-state index < -0.39 is 0 Å². The number of nitrogens with zero attached hydrogens (tertiary/aromatic N) is 1. The molecule has 3 nitrogen and oxygen atoms in total. The van der Waals surface area contributed by atoms with Crippen molar-refractivity contribution in [3.8, 4) is 0 Å². The molecule has 1 amide bonds. The molecular formula is C14H16Br2N2O. The molecule has 2 aliphatic rings. The predicted octanol–water partition coefficient (Wildman–Crippen LogP) is 3.18. The van der Waals surface area contributed by atoms with E-state index in [-0.39, 0.29) is 5.91 Å². The maximum absolute atomic E-state index is 12.4. The van der Waals surface area contributed by atoms with Gasteiger partial charge in [-0.2, -0.15) is 0 Å². The summed E-state index contributed by atoms with van der Waals surface area (Å²) in [6.07, 6.45) is 3.55. The topological polar surface area (TPSA) is 32.3 Å². The van der Waals surface area contributed by atoms with E-state index in [1.165, 1.54) is 19.4 Å². The quantitative estimate of drug-likeness (QED) is 0.845. The molecule has 19 heavy (non-hydrogen) atoms. The van der Waals surface area contributed by atoms with Crippen molar-refractivity contribution in [2.75, 3.05) is 13.1 Å². The van der Waals surface area contributed by atoms with Crippen LogP contribution in [0.15, 0.2) is 27.1 Å². The predicted molar refractivity (Wildman–Crippen MR) is 82.3 cm³/mol. The molecule has 2 saturated heterocycles. The van der Waals surface area contributed by atoms with E-state index in [1.54, 1.807) is 0 Å². The van der Waals surface area contributed by atoms with Gasteiger partial charge in [-0.05, 0) is 59.9 Å². The molecule has 0 aliphatic carbocycles. The van der Waals surface area contributed by atoms with Crippen LogP contribution in [0.4, 0.5) is 0 Å². The Morgan fingerprint density at radius 1 is 1.26 bits per heavy atom. The number of carbonyl (C=O) groups is 1. The Kier molecular flexibility index (Phi) is 3.96. The normalized spacial score (nSPS) is 26.4. The minimum absolute atomic E-state index is 0.0203. The van der Waals surface area contributed by atoms with Crippen molar-refractivity contribution in [2.45, 2.75) is 31.3 Å². The van der Waals surface area contributed by atoms with Gasteiger partial charge in [-0.3, -0.25) is 9.69 Å². The Morgan fingerprint density at radius 2 is 2.11 bits per heavy atom. The number of benzene rings is 1. The summed E-state index contributed by atoms with van der Waals surface area (Å²) in [5.41, 5.74) is 0.700. The van der Waals surface area contributed by atoms with Gasteiger partial charge in [0.15, 0.2) is 0 Å². The fourth-order valence-electron chi connectivity index (χ4n) is 3.17. The minimum Gasteiger partial charge on any atom is -0.348 e. The van der Waals surface area contributed by atoms with Gasteiger partial charge in [0.05, 0.1) is 5.56 Å². The number of halogens is 2. The zero-order valence-electron chi connectivity index (χ0n) is 10.5. The van der Waals surface area contributed by atoms with Gasteiger partial charge in [0, 0.05) is 27.6 Å². The largest absolute Gasteiger partial charge is 0.348 e. The Balaban J connectivity index is 1.73. The van der Waals surface area contributed by atoms with E-state index in [0.717, 1.165) is 21.9 Å². The molecule has 0 radical (unpaired) electrons. The molecule has 2 aliphatic heterocycles. The van der Waals surface area contributed by atoms with Crippen molar-refractivity contribution in [1.82, 2.24) is 10.2 Å². The van der Waals surface area contributed by atoms with Gasteiger partial charge in [0.2, 0.25) is 0 Å². The van der Waals surface area contributed by atoms with Gasteiger partial charge < -0.3 is 5.32 Å². The van der Waals surface area contributed by atoms with Gasteiger partial charge in [0.1, 0.15) is 0 Å². The Labute approximate surface area is 130 Å². The molecule has 0 spiro atoms. The van der Waals surface area contributed by atoms with Crippen molar-refractivity contribution in [1.29, 1.82) is 0 Å². The van der Waals surface area contributed by atoms with Gasteiger partial charge in [-0.15, -0.1) is 0 Å². The molecule has 3 rings (SSSR count). The highest BCUT2D eigenvalue weighted by atomic mass is 79.9. The minimum atomic E-state index is 0.0203. The number of carbonyl (C=O) groups excluding carboxylic acids is 1. The molecule has 5 heteroatoms. The summed E-state index contributed by atoms with van der Waals surface area (Å²) in [4.78, 5) is 14.9. The average molecular weight is 388 g/mol. The maximum Gasteiger partial charge on any atom is 0.252 e. The number of hydrogen-bond donors (Lipinski definition) is 1. The number of rotatable bonds is 2. The van der Waals surface area contributed by atoms with Crippen LogP contribution < -0.4 is 5.32 Å². The lowest BCUT2D eigenvalue weighted by Gasteiger charge is -2.21. The summed E-state index contributed by atoms with van der Waals surface area (Å²) in [7, 11) is 0. The van der Waals surface area contributed by atoms with Crippen LogP contribution in [-0.4, -0.2) is 36.0 Å². The van der Waals surface area contributed by atoms with Crippen molar-refractivity contribution in [2.24, 2.45) is 0 Å². The van der Waals surface area contributed by atoms with Crippen LogP contribution in [0, 0.1) is 0 Å². The van der Waals surface area contributed by atoms with E-state index in [1.807, 2.05) is 18.2 Å². The summed E-state index contributed by atoms with van der Waals surface area (Å²) < 4.78 is 1.77. The third-order valence-electron chi connectivity index (χ3n) is 4.10. The number of nitrogens with one attached hydrogen (secondary N) is 1. The molecule has 102 valence electrons. The van der Waals surface area contributed by atoms with E-state index in [4.69, 9.17) is 0 Å². The monoisotopic (exact) mass is 386 g/mol. The first-order valence-corrected chi connectivity index (χ1v) is 8.24. The smallest absolute Gasteiger partial charge is 0.252 e. The molecular weight excluding hydrogens is 372 g/mol. The van der Waals surface area contributed by atoms with Crippen LogP contribution in [-0.2, 0) is 0 Å². The Bertz CT molecular complexity index is 506. The molecule has 0 aromatic heterocycles. The van der Waals surface area contributed by atoms with Crippen LogP contribution in [0.25, 0.3) is 0 Å². The Morgan fingerprint density at radius 3 is 2.95 bits per heavy atom. The maximum atomic E-state index is 12.4. The molecule has 2 atom stereocenters. The Hall–Kier alpha value is -0.390. The fraction of sp³-hybridized carbons (Fsp3) is 0.500. The first-order chi connectivity index (χ1) is 9.15.